The second-order valence-electron chi connectivity index (χ2n) is 6.70. The number of anilines is 1. The average Bonchev–Trinajstić information content (AvgIpc) is 2.69. The van der Waals surface area contributed by atoms with Crippen LogP contribution in [0.2, 0.25) is 10.0 Å². The summed E-state index contributed by atoms with van der Waals surface area (Å²) in [6, 6.07) is 11.9. The zero-order valence-electron chi connectivity index (χ0n) is 16.6. The van der Waals surface area contributed by atoms with Crippen molar-refractivity contribution in [1.29, 1.82) is 0 Å². The van der Waals surface area contributed by atoms with Gasteiger partial charge in [-0.05, 0) is 49.2 Å². The number of carbonyl (C=O) groups excluding carboxylic acids is 2. The number of benzene rings is 2. The molecule has 0 bridgehead atoms. The van der Waals surface area contributed by atoms with Gasteiger partial charge in [0.1, 0.15) is 0 Å². The number of carbonyl (C=O) groups is 2. The molecule has 0 unspecified atom stereocenters. The van der Waals surface area contributed by atoms with Crippen molar-refractivity contribution in [3.05, 3.63) is 63.6 Å². The Hall–Kier alpha value is -2.37. The van der Waals surface area contributed by atoms with E-state index < -0.39 is 0 Å². The molecule has 0 radical (unpaired) electrons. The second-order valence-corrected chi connectivity index (χ2v) is 7.55. The number of hydrazone groups is 1. The van der Waals surface area contributed by atoms with Crippen LogP contribution in [0.1, 0.15) is 61.9 Å². The molecule has 7 heteroatoms. The minimum absolute atomic E-state index is 0.0951. The summed E-state index contributed by atoms with van der Waals surface area (Å²) in [4.78, 5) is 24.3. The number of amides is 2. The first-order chi connectivity index (χ1) is 13.9. The van der Waals surface area contributed by atoms with E-state index in [1.54, 1.807) is 37.3 Å². The summed E-state index contributed by atoms with van der Waals surface area (Å²) in [6.07, 6.45) is 4.65. The van der Waals surface area contributed by atoms with Gasteiger partial charge >= 0.3 is 0 Å². The van der Waals surface area contributed by atoms with Crippen LogP contribution >= 0.6 is 23.2 Å². The normalized spacial score (nSPS) is 11.2. The highest BCUT2D eigenvalue weighted by atomic mass is 35.5. The van der Waals surface area contributed by atoms with E-state index in [9.17, 15) is 9.59 Å². The van der Waals surface area contributed by atoms with Crippen LogP contribution in [0.4, 0.5) is 5.69 Å². The highest BCUT2D eigenvalue weighted by molar-refractivity contribution is 6.37. The van der Waals surface area contributed by atoms with Gasteiger partial charge in [-0.15, -0.1) is 0 Å². The molecule has 0 spiro atoms. The largest absolute Gasteiger partial charge is 0.322 e. The Labute approximate surface area is 181 Å². The Morgan fingerprint density at radius 2 is 1.83 bits per heavy atom. The number of hydrogen-bond acceptors (Lipinski definition) is 3. The van der Waals surface area contributed by atoms with Crippen molar-refractivity contribution in [2.45, 2.75) is 46.0 Å². The standard InChI is InChI=1S/C22H25Cl2N3O2/c1-3-4-5-6-10-21(28)27-26-15(2)16-8-7-9-18(13-16)25-22(29)19-12-11-17(23)14-20(19)24/h7-9,11-14H,3-6,10H2,1-2H3,(H,25,29)(H,27,28)/b26-15-. The topological polar surface area (TPSA) is 70.6 Å². The minimum Gasteiger partial charge on any atom is -0.322 e. The number of nitrogens with one attached hydrogen (secondary N) is 2. The van der Waals surface area contributed by atoms with Crippen molar-refractivity contribution in [3.8, 4) is 0 Å². The van der Waals surface area contributed by atoms with Gasteiger partial charge in [0.25, 0.3) is 5.91 Å². The maximum Gasteiger partial charge on any atom is 0.257 e. The predicted octanol–water partition coefficient (Wildman–Crippen LogP) is 6.06. The van der Waals surface area contributed by atoms with Gasteiger partial charge in [0.15, 0.2) is 0 Å². The van der Waals surface area contributed by atoms with Crippen molar-refractivity contribution < 1.29 is 9.59 Å². The first-order valence-electron chi connectivity index (χ1n) is 9.60. The molecule has 29 heavy (non-hydrogen) atoms. The van der Waals surface area contributed by atoms with Crippen LogP contribution in [0.5, 0.6) is 0 Å². The summed E-state index contributed by atoms with van der Waals surface area (Å²) in [6.45, 7) is 3.93. The quantitative estimate of drug-likeness (QED) is 0.286. The van der Waals surface area contributed by atoms with Crippen LogP contribution in [-0.4, -0.2) is 17.5 Å². The van der Waals surface area contributed by atoms with Crippen LogP contribution in [-0.2, 0) is 4.79 Å². The van der Waals surface area contributed by atoms with E-state index in [0.717, 1.165) is 31.2 Å². The molecule has 0 saturated heterocycles. The van der Waals surface area contributed by atoms with E-state index in [1.807, 2.05) is 6.07 Å². The van der Waals surface area contributed by atoms with Gasteiger partial charge in [0.2, 0.25) is 5.91 Å². The Balaban J connectivity index is 1.99. The molecular formula is C22H25Cl2N3O2. The zero-order chi connectivity index (χ0) is 21.2. The maximum absolute atomic E-state index is 12.5. The van der Waals surface area contributed by atoms with E-state index in [-0.39, 0.29) is 16.8 Å². The van der Waals surface area contributed by atoms with E-state index in [0.29, 0.717) is 28.4 Å². The van der Waals surface area contributed by atoms with Crippen LogP contribution < -0.4 is 10.7 Å². The van der Waals surface area contributed by atoms with Crippen LogP contribution in [0.15, 0.2) is 47.6 Å². The molecule has 0 saturated carbocycles. The molecular weight excluding hydrogens is 409 g/mol. The first kappa shape index (κ1) is 22.9. The SMILES string of the molecule is CCCCCCC(=O)N/N=C(/C)c1cccc(NC(=O)c2ccc(Cl)cc2Cl)c1. The number of halogens is 2. The Kier molecular flexibility index (Phi) is 9.16. The van der Waals surface area contributed by atoms with Crippen molar-refractivity contribution in [1.82, 2.24) is 5.43 Å². The molecule has 154 valence electrons. The summed E-state index contributed by atoms with van der Waals surface area (Å²) < 4.78 is 0. The number of hydrogen-bond donors (Lipinski definition) is 2. The molecule has 0 aromatic heterocycles. The first-order valence-corrected chi connectivity index (χ1v) is 10.4. The molecule has 2 amide bonds. The number of unbranched alkanes of at least 4 members (excludes halogenated alkanes) is 3. The van der Waals surface area contributed by atoms with Gasteiger partial charge in [-0.25, -0.2) is 5.43 Å². The Morgan fingerprint density at radius 1 is 1.03 bits per heavy atom. The van der Waals surface area contributed by atoms with Gasteiger partial charge in [-0.3, -0.25) is 9.59 Å². The summed E-state index contributed by atoms with van der Waals surface area (Å²) in [5.41, 5.74) is 4.95. The Morgan fingerprint density at radius 3 is 2.55 bits per heavy atom. The van der Waals surface area contributed by atoms with E-state index in [4.69, 9.17) is 23.2 Å². The Bertz CT molecular complexity index is 897. The van der Waals surface area contributed by atoms with E-state index in [1.165, 1.54) is 6.07 Å². The monoisotopic (exact) mass is 433 g/mol. The lowest BCUT2D eigenvalue weighted by Crippen LogP contribution is -2.19. The molecule has 2 aromatic carbocycles. The molecule has 2 rings (SSSR count). The molecule has 0 fully saturated rings. The van der Waals surface area contributed by atoms with Crippen molar-refractivity contribution in [2.75, 3.05) is 5.32 Å². The van der Waals surface area contributed by atoms with Gasteiger partial charge in [0.05, 0.1) is 16.3 Å². The molecule has 5 nitrogen and oxygen atoms in total. The van der Waals surface area contributed by atoms with Gasteiger partial charge in [-0.2, -0.15) is 5.10 Å². The number of nitrogens with zero attached hydrogens (tertiary/aromatic N) is 1. The van der Waals surface area contributed by atoms with Crippen molar-refractivity contribution in [2.24, 2.45) is 5.10 Å². The molecule has 2 N–H and O–H groups in total. The third-order valence-electron chi connectivity index (χ3n) is 4.32. The lowest BCUT2D eigenvalue weighted by molar-refractivity contribution is -0.121. The lowest BCUT2D eigenvalue weighted by Gasteiger charge is -2.09. The van der Waals surface area contributed by atoms with Crippen LogP contribution in [0, 0.1) is 0 Å². The highest BCUT2D eigenvalue weighted by Gasteiger charge is 2.11. The van der Waals surface area contributed by atoms with Gasteiger partial charge in [0, 0.05) is 17.1 Å². The number of rotatable bonds is 9. The molecule has 0 atom stereocenters. The predicted molar refractivity (Wildman–Crippen MR) is 120 cm³/mol. The second kappa shape index (κ2) is 11.6. The average molecular weight is 434 g/mol. The van der Waals surface area contributed by atoms with E-state index >= 15 is 0 Å². The molecule has 0 heterocycles. The van der Waals surface area contributed by atoms with Crippen LogP contribution in [0.25, 0.3) is 0 Å². The smallest absolute Gasteiger partial charge is 0.257 e. The summed E-state index contributed by atoms with van der Waals surface area (Å²) in [5, 5.41) is 7.72. The van der Waals surface area contributed by atoms with Crippen LogP contribution in [0.3, 0.4) is 0 Å². The third-order valence-corrected chi connectivity index (χ3v) is 4.87. The van der Waals surface area contributed by atoms with Gasteiger partial charge in [-0.1, -0.05) is 61.5 Å². The lowest BCUT2D eigenvalue weighted by atomic mass is 10.1. The van der Waals surface area contributed by atoms with Crippen molar-refractivity contribution >= 4 is 46.4 Å². The summed E-state index contributed by atoms with van der Waals surface area (Å²) in [7, 11) is 0. The fourth-order valence-corrected chi connectivity index (χ4v) is 3.17. The molecule has 0 aliphatic rings. The summed E-state index contributed by atoms with van der Waals surface area (Å²) in [5.74, 6) is -0.430. The minimum atomic E-state index is -0.334. The summed E-state index contributed by atoms with van der Waals surface area (Å²) >= 11 is 12.0. The van der Waals surface area contributed by atoms with E-state index in [2.05, 4.69) is 22.8 Å². The third kappa shape index (κ3) is 7.52. The zero-order valence-corrected chi connectivity index (χ0v) is 18.1. The maximum atomic E-state index is 12.5. The van der Waals surface area contributed by atoms with Crippen molar-refractivity contribution in [3.63, 3.8) is 0 Å². The fourth-order valence-electron chi connectivity index (χ4n) is 2.67. The molecule has 0 aliphatic carbocycles. The highest BCUT2D eigenvalue weighted by Crippen LogP contribution is 2.22. The molecule has 2 aromatic rings. The van der Waals surface area contributed by atoms with Gasteiger partial charge < -0.3 is 5.32 Å². The molecule has 0 aliphatic heterocycles. The fraction of sp³-hybridized carbons (Fsp3) is 0.318.